The Morgan fingerprint density at radius 3 is 2.50 bits per heavy atom. The van der Waals surface area contributed by atoms with Crippen molar-refractivity contribution < 1.29 is 9.53 Å². The standard InChI is InChI=1S/C13H15NO2/c1-4-9-6-7-11(13(15)16-3)10(5-2)12(9)8-14/h6-7H,4-5H2,1-3H3. The fourth-order valence-electron chi connectivity index (χ4n) is 1.80. The van der Waals surface area contributed by atoms with Crippen LogP contribution in [0.15, 0.2) is 12.1 Å². The zero-order chi connectivity index (χ0) is 12.1. The van der Waals surface area contributed by atoms with E-state index in [9.17, 15) is 4.79 Å². The summed E-state index contributed by atoms with van der Waals surface area (Å²) < 4.78 is 4.70. The Hall–Kier alpha value is -1.82. The van der Waals surface area contributed by atoms with E-state index in [0.717, 1.165) is 17.5 Å². The van der Waals surface area contributed by atoms with E-state index in [2.05, 4.69) is 6.07 Å². The molecule has 0 radical (unpaired) electrons. The van der Waals surface area contributed by atoms with E-state index in [1.54, 1.807) is 6.07 Å². The molecule has 0 saturated heterocycles. The number of carbonyl (C=O) groups is 1. The van der Waals surface area contributed by atoms with Crippen molar-refractivity contribution in [3.63, 3.8) is 0 Å². The van der Waals surface area contributed by atoms with Gasteiger partial charge >= 0.3 is 5.97 Å². The van der Waals surface area contributed by atoms with Gasteiger partial charge in [-0.3, -0.25) is 0 Å². The predicted octanol–water partition coefficient (Wildman–Crippen LogP) is 2.47. The largest absolute Gasteiger partial charge is 0.465 e. The van der Waals surface area contributed by atoms with Crippen LogP contribution >= 0.6 is 0 Å². The molecule has 0 atom stereocenters. The summed E-state index contributed by atoms with van der Waals surface area (Å²) in [6.45, 7) is 3.93. The van der Waals surface area contributed by atoms with Crippen LogP contribution in [0.5, 0.6) is 0 Å². The number of nitrogens with zero attached hydrogens (tertiary/aromatic N) is 1. The lowest BCUT2D eigenvalue weighted by molar-refractivity contribution is 0.0599. The van der Waals surface area contributed by atoms with Crippen molar-refractivity contribution in [1.82, 2.24) is 0 Å². The number of nitriles is 1. The van der Waals surface area contributed by atoms with Gasteiger partial charge in [0.2, 0.25) is 0 Å². The van der Waals surface area contributed by atoms with E-state index in [4.69, 9.17) is 10.00 Å². The Morgan fingerprint density at radius 1 is 1.38 bits per heavy atom. The second kappa shape index (κ2) is 5.32. The molecule has 0 aliphatic carbocycles. The summed E-state index contributed by atoms with van der Waals surface area (Å²) in [5, 5.41) is 9.14. The van der Waals surface area contributed by atoms with Crippen LogP contribution < -0.4 is 0 Å². The monoisotopic (exact) mass is 217 g/mol. The molecular formula is C13H15NO2. The number of benzene rings is 1. The quantitative estimate of drug-likeness (QED) is 0.731. The summed E-state index contributed by atoms with van der Waals surface area (Å²) in [4.78, 5) is 11.5. The topological polar surface area (TPSA) is 50.1 Å². The highest BCUT2D eigenvalue weighted by Crippen LogP contribution is 2.20. The summed E-state index contributed by atoms with van der Waals surface area (Å²) in [6, 6.07) is 5.74. The van der Waals surface area contributed by atoms with Gasteiger partial charge in [-0.1, -0.05) is 19.9 Å². The van der Waals surface area contributed by atoms with Crippen LogP contribution in [-0.2, 0) is 17.6 Å². The number of rotatable bonds is 3. The molecule has 1 aromatic carbocycles. The number of aryl methyl sites for hydroxylation is 1. The summed E-state index contributed by atoms with van der Waals surface area (Å²) in [5.74, 6) is -0.379. The molecule has 1 rings (SSSR count). The smallest absolute Gasteiger partial charge is 0.338 e. The maximum Gasteiger partial charge on any atom is 0.338 e. The van der Waals surface area contributed by atoms with Gasteiger partial charge in [0.05, 0.1) is 24.3 Å². The molecule has 0 fully saturated rings. The number of esters is 1. The van der Waals surface area contributed by atoms with E-state index in [1.165, 1.54) is 7.11 Å². The van der Waals surface area contributed by atoms with Crippen molar-refractivity contribution in [2.45, 2.75) is 26.7 Å². The zero-order valence-corrected chi connectivity index (χ0v) is 9.83. The molecule has 0 amide bonds. The molecule has 0 aliphatic heterocycles. The van der Waals surface area contributed by atoms with E-state index >= 15 is 0 Å². The highest BCUT2D eigenvalue weighted by atomic mass is 16.5. The SMILES string of the molecule is CCc1ccc(C(=O)OC)c(CC)c1C#N. The van der Waals surface area contributed by atoms with Crippen molar-refractivity contribution in [3.05, 3.63) is 34.4 Å². The van der Waals surface area contributed by atoms with Crippen molar-refractivity contribution in [1.29, 1.82) is 5.26 Å². The second-order valence-corrected chi connectivity index (χ2v) is 3.44. The maximum absolute atomic E-state index is 11.5. The lowest BCUT2D eigenvalue weighted by Gasteiger charge is -2.11. The molecule has 0 saturated carbocycles. The van der Waals surface area contributed by atoms with Crippen LogP contribution in [-0.4, -0.2) is 13.1 Å². The predicted molar refractivity (Wildman–Crippen MR) is 61.3 cm³/mol. The van der Waals surface area contributed by atoms with Gasteiger partial charge in [-0.2, -0.15) is 5.26 Å². The molecule has 0 bridgehead atoms. The number of carbonyl (C=O) groups excluding carboxylic acids is 1. The Labute approximate surface area is 95.7 Å². The number of hydrogen-bond donors (Lipinski definition) is 0. The summed E-state index contributed by atoms with van der Waals surface area (Å²) in [7, 11) is 1.35. The highest BCUT2D eigenvalue weighted by molar-refractivity contribution is 5.92. The molecule has 0 heterocycles. The Kier molecular flexibility index (Phi) is 4.07. The Bertz CT molecular complexity index is 444. The van der Waals surface area contributed by atoms with Crippen LogP contribution in [0, 0.1) is 11.3 Å². The number of ether oxygens (including phenoxy) is 1. The molecule has 3 heteroatoms. The molecule has 0 N–H and O–H groups in total. The third-order valence-corrected chi connectivity index (χ3v) is 2.65. The number of methoxy groups -OCH3 is 1. The summed E-state index contributed by atoms with van der Waals surface area (Å²) in [6.07, 6.45) is 1.44. The van der Waals surface area contributed by atoms with Gasteiger partial charge in [-0.25, -0.2) is 4.79 Å². The second-order valence-electron chi connectivity index (χ2n) is 3.44. The maximum atomic E-state index is 11.5. The molecule has 1 aromatic rings. The minimum atomic E-state index is -0.379. The molecule has 0 aliphatic rings. The minimum Gasteiger partial charge on any atom is -0.465 e. The van der Waals surface area contributed by atoms with Gasteiger partial charge < -0.3 is 4.74 Å². The normalized spacial score (nSPS) is 9.62. The fraction of sp³-hybridized carbons (Fsp3) is 0.385. The minimum absolute atomic E-state index is 0.379. The Balaban J connectivity index is 3.44. The third-order valence-electron chi connectivity index (χ3n) is 2.65. The van der Waals surface area contributed by atoms with Crippen LogP contribution in [0.1, 0.15) is 40.9 Å². The Morgan fingerprint density at radius 2 is 2.06 bits per heavy atom. The first-order chi connectivity index (χ1) is 7.69. The lowest BCUT2D eigenvalue weighted by Crippen LogP contribution is -2.08. The fourth-order valence-corrected chi connectivity index (χ4v) is 1.80. The van der Waals surface area contributed by atoms with Gasteiger partial charge in [-0.05, 0) is 30.0 Å². The average molecular weight is 217 g/mol. The molecule has 16 heavy (non-hydrogen) atoms. The summed E-state index contributed by atoms with van der Waals surface area (Å²) in [5.41, 5.74) is 2.88. The summed E-state index contributed by atoms with van der Waals surface area (Å²) >= 11 is 0. The van der Waals surface area contributed by atoms with Crippen molar-refractivity contribution in [3.8, 4) is 6.07 Å². The van der Waals surface area contributed by atoms with E-state index < -0.39 is 0 Å². The molecule has 0 spiro atoms. The van der Waals surface area contributed by atoms with Crippen molar-refractivity contribution >= 4 is 5.97 Å². The van der Waals surface area contributed by atoms with Crippen LogP contribution in [0.4, 0.5) is 0 Å². The molecule has 0 unspecified atom stereocenters. The number of hydrogen-bond acceptors (Lipinski definition) is 3. The van der Waals surface area contributed by atoms with Gasteiger partial charge in [0, 0.05) is 0 Å². The molecular weight excluding hydrogens is 202 g/mol. The third kappa shape index (κ3) is 2.06. The van der Waals surface area contributed by atoms with Crippen molar-refractivity contribution in [2.75, 3.05) is 7.11 Å². The lowest BCUT2D eigenvalue weighted by atomic mass is 9.94. The van der Waals surface area contributed by atoms with Gasteiger partial charge in [-0.15, -0.1) is 0 Å². The van der Waals surface area contributed by atoms with Gasteiger partial charge in [0.1, 0.15) is 0 Å². The average Bonchev–Trinajstić information content (AvgIpc) is 2.35. The molecule has 84 valence electrons. The van der Waals surface area contributed by atoms with Crippen LogP contribution in [0.2, 0.25) is 0 Å². The van der Waals surface area contributed by atoms with Crippen molar-refractivity contribution in [2.24, 2.45) is 0 Å². The first kappa shape index (κ1) is 12.3. The highest BCUT2D eigenvalue weighted by Gasteiger charge is 2.16. The van der Waals surface area contributed by atoms with Gasteiger partial charge in [0.15, 0.2) is 0 Å². The first-order valence-electron chi connectivity index (χ1n) is 5.32. The molecule has 0 aromatic heterocycles. The van der Waals surface area contributed by atoms with E-state index in [0.29, 0.717) is 17.5 Å². The van der Waals surface area contributed by atoms with Gasteiger partial charge in [0.25, 0.3) is 0 Å². The first-order valence-corrected chi connectivity index (χ1v) is 5.32. The van der Waals surface area contributed by atoms with E-state index in [-0.39, 0.29) is 5.97 Å². The molecule has 3 nitrogen and oxygen atoms in total. The van der Waals surface area contributed by atoms with Crippen LogP contribution in [0.25, 0.3) is 0 Å². The zero-order valence-electron chi connectivity index (χ0n) is 9.83. The van der Waals surface area contributed by atoms with E-state index in [1.807, 2.05) is 19.9 Å². The van der Waals surface area contributed by atoms with Crippen LogP contribution in [0.3, 0.4) is 0 Å².